The monoisotopic (exact) mass is 300 g/mol. The summed E-state index contributed by atoms with van der Waals surface area (Å²) in [6.07, 6.45) is -2.16. The standard InChI is InChI=1S/C12H11F3N4S/c1-2-16-9-5-11(19-7-18-9)20-10-4-3-8(6-17-10)12(13,14)15/h3-7H,2H2,1H3,(H,16,18,19). The Morgan fingerprint density at radius 1 is 1.15 bits per heavy atom. The summed E-state index contributed by atoms with van der Waals surface area (Å²) < 4.78 is 37.2. The van der Waals surface area contributed by atoms with Gasteiger partial charge in [0.25, 0.3) is 0 Å². The van der Waals surface area contributed by atoms with Gasteiger partial charge in [0.15, 0.2) is 0 Å². The molecule has 0 radical (unpaired) electrons. The van der Waals surface area contributed by atoms with Gasteiger partial charge in [0.05, 0.1) is 5.56 Å². The number of anilines is 1. The molecule has 106 valence electrons. The summed E-state index contributed by atoms with van der Waals surface area (Å²) >= 11 is 1.18. The van der Waals surface area contributed by atoms with Crippen molar-refractivity contribution < 1.29 is 13.2 Å². The van der Waals surface area contributed by atoms with Crippen LogP contribution in [0.25, 0.3) is 0 Å². The molecule has 0 aliphatic rings. The maximum absolute atomic E-state index is 12.4. The SMILES string of the molecule is CCNc1cc(Sc2ccc(C(F)(F)F)cn2)ncn1. The lowest BCUT2D eigenvalue weighted by atomic mass is 10.3. The van der Waals surface area contributed by atoms with Gasteiger partial charge in [-0.15, -0.1) is 0 Å². The van der Waals surface area contributed by atoms with E-state index in [1.165, 1.54) is 24.2 Å². The third-order valence-corrected chi connectivity index (χ3v) is 3.16. The molecular formula is C12H11F3N4S. The Balaban J connectivity index is 2.12. The number of pyridine rings is 1. The van der Waals surface area contributed by atoms with Crippen molar-refractivity contribution in [1.82, 2.24) is 15.0 Å². The second-order valence-corrected chi connectivity index (χ2v) is 4.80. The van der Waals surface area contributed by atoms with E-state index in [4.69, 9.17) is 0 Å². The largest absolute Gasteiger partial charge is 0.417 e. The van der Waals surface area contributed by atoms with E-state index < -0.39 is 11.7 Å². The second kappa shape index (κ2) is 6.08. The van der Waals surface area contributed by atoms with Gasteiger partial charge in [0, 0.05) is 18.8 Å². The zero-order valence-electron chi connectivity index (χ0n) is 10.5. The molecule has 20 heavy (non-hydrogen) atoms. The van der Waals surface area contributed by atoms with Gasteiger partial charge in [0.1, 0.15) is 22.2 Å². The Hall–Kier alpha value is -1.83. The molecule has 0 aromatic carbocycles. The van der Waals surface area contributed by atoms with Gasteiger partial charge >= 0.3 is 6.18 Å². The van der Waals surface area contributed by atoms with Gasteiger partial charge in [-0.2, -0.15) is 13.2 Å². The van der Waals surface area contributed by atoms with E-state index in [0.717, 1.165) is 18.8 Å². The number of aromatic nitrogens is 3. The molecule has 1 N–H and O–H groups in total. The van der Waals surface area contributed by atoms with Gasteiger partial charge in [0.2, 0.25) is 0 Å². The molecule has 0 saturated heterocycles. The highest BCUT2D eigenvalue weighted by Crippen LogP contribution is 2.31. The van der Waals surface area contributed by atoms with E-state index in [-0.39, 0.29) is 0 Å². The molecule has 0 fully saturated rings. The third-order valence-electron chi connectivity index (χ3n) is 2.27. The maximum Gasteiger partial charge on any atom is 0.417 e. The Bertz CT molecular complexity index is 572. The molecular weight excluding hydrogens is 289 g/mol. The Kier molecular flexibility index (Phi) is 4.43. The first-order valence-corrected chi connectivity index (χ1v) is 6.57. The smallest absolute Gasteiger partial charge is 0.370 e. The first-order valence-electron chi connectivity index (χ1n) is 5.76. The van der Waals surface area contributed by atoms with Crippen molar-refractivity contribution >= 4 is 17.6 Å². The van der Waals surface area contributed by atoms with Crippen LogP contribution >= 0.6 is 11.8 Å². The van der Waals surface area contributed by atoms with E-state index in [9.17, 15) is 13.2 Å². The molecule has 2 aromatic rings. The first kappa shape index (κ1) is 14.6. The summed E-state index contributed by atoms with van der Waals surface area (Å²) in [5, 5.41) is 4.09. The van der Waals surface area contributed by atoms with Crippen LogP contribution in [-0.4, -0.2) is 21.5 Å². The Morgan fingerprint density at radius 3 is 2.55 bits per heavy atom. The summed E-state index contributed by atoms with van der Waals surface area (Å²) in [6, 6.07) is 4.04. The number of hydrogen-bond acceptors (Lipinski definition) is 5. The molecule has 2 aromatic heterocycles. The molecule has 0 unspecified atom stereocenters. The van der Waals surface area contributed by atoms with Crippen molar-refractivity contribution in [2.75, 3.05) is 11.9 Å². The van der Waals surface area contributed by atoms with Crippen LogP contribution in [0.4, 0.5) is 19.0 Å². The highest BCUT2D eigenvalue weighted by molar-refractivity contribution is 7.99. The zero-order chi connectivity index (χ0) is 14.6. The zero-order valence-corrected chi connectivity index (χ0v) is 11.3. The first-order chi connectivity index (χ1) is 9.49. The van der Waals surface area contributed by atoms with E-state index in [1.807, 2.05) is 6.92 Å². The molecule has 0 aliphatic carbocycles. The summed E-state index contributed by atoms with van der Waals surface area (Å²) in [6.45, 7) is 2.66. The lowest BCUT2D eigenvalue weighted by Crippen LogP contribution is -2.05. The van der Waals surface area contributed by atoms with E-state index in [0.29, 0.717) is 15.9 Å². The van der Waals surface area contributed by atoms with Crippen LogP contribution in [0, 0.1) is 0 Å². The molecule has 0 bridgehead atoms. The molecule has 0 spiro atoms. The minimum Gasteiger partial charge on any atom is -0.370 e. The van der Waals surface area contributed by atoms with Gasteiger partial charge in [-0.25, -0.2) is 15.0 Å². The topological polar surface area (TPSA) is 50.7 Å². The minimum atomic E-state index is -4.37. The third kappa shape index (κ3) is 3.83. The second-order valence-electron chi connectivity index (χ2n) is 3.76. The van der Waals surface area contributed by atoms with Crippen molar-refractivity contribution in [1.29, 1.82) is 0 Å². The highest BCUT2D eigenvalue weighted by atomic mass is 32.2. The molecule has 0 aliphatic heterocycles. The van der Waals surface area contributed by atoms with Crippen LogP contribution in [-0.2, 0) is 6.18 Å². The summed E-state index contributed by atoms with van der Waals surface area (Å²) in [7, 11) is 0. The Labute approximate surface area is 117 Å². The predicted molar refractivity (Wildman–Crippen MR) is 69.6 cm³/mol. The quantitative estimate of drug-likeness (QED) is 0.876. The van der Waals surface area contributed by atoms with Crippen molar-refractivity contribution in [3.05, 3.63) is 36.3 Å². The fraction of sp³-hybridized carbons (Fsp3) is 0.250. The predicted octanol–water partition coefficient (Wildman–Crippen LogP) is 3.47. The van der Waals surface area contributed by atoms with Crippen LogP contribution in [0.3, 0.4) is 0 Å². The van der Waals surface area contributed by atoms with Crippen LogP contribution < -0.4 is 5.32 Å². The number of rotatable bonds is 4. The molecule has 0 amide bonds. The fourth-order valence-electron chi connectivity index (χ4n) is 1.39. The maximum atomic E-state index is 12.4. The van der Waals surface area contributed by atoms with E-state index in [1.54, 1.807) is 6.07 Å². The molecule has 4 nitrogen and oxygen atoms in total. The van der Waals surface area contributed by atoms with Crippen molar-refractivity contribution in [3.63, 3.8) is 0 Å². The minimum absolute atomic E-state index is 0.444. The van der Waals surface area contributed by atoms with Gasteiger partial charge in [-0.3, -0.25) is 0 Å². The van der Waals surface area contributed by atoms with Crippen LogP contribution in [0.1, 0.15) is 12.5 Å². The van der Waals surface area contributed by atoms with Crippen LogP contribution in [0.5, 0.6) is 0 Å². The van der Waals surface area contributed by atoms with Crippen LogP contribution in [0.2, 0.25) is 0 Å². The van der Waals surface area contributed by atoms with Crippen molar-refractivity contribution in [3.8, 4) is 0 Å². The van der Waals surface area contributed by atoms with E-state index in [2.05, 4.69) is 20.3 Å². The number of alkyl halides is 3. The molecule has 2 rings (SSSR count). The average molecular weight is 300 g/mol. The van der Waals surface area contributed by atoms with Gasteiger partial charge in [-0.05, 0) is 30.8 Å². The number of nitrogens with one attached hydrogen (secondary N) is 1. The average Bonchev–Trinajstić information content (AvgIpc) is 2.39. The van der Waals surface area contributed by atoms with Gasteiger partial charge < -0.3 is 5.32 Å². The Morgan fingerprint density at radius 2 is 1.95 bits per heavy atom. The van der Waals surface area contributed by atoms with Gasteiger partial charge in [-0.1, -0.05) is 0 Å². The molecule has 0 atom stereocenters. The highest BCUT2D eigenvalue weighted by Gasteiger charge is 2.30. The fourth-order valence-corrected chi connectivity index (χ4v) is 2.11. The van der Waals surface area contributed by atoms with Crippen molar-refractivity contribution in [2.45, 2.75) is 23.2 Å². The summed E-state index contributed by atoms with van der Waals surface area (Å²) in [4.78, 5) is 11.8. The number of nitrogens with zero attached hydrogens (tertiary/aromatic N) is 3. The normalized spacial score (nSPS) is 11.4. The summed E-state index contributed by atoms with van der Waals surface area (Å²) in [5.74, 6) is 0.664. The number of halogens is 3. The molecule has 2 heterocycles. The lowest BCUT2D eigenvalue weighted by molar-refractivity contribution is -0.137. The molecule has 8 heteroatoms. The van der Waals surface area contributed by atoms with Crippen molar-refractivity contribution in [2.24, 2.45) is 0 Å². The number of hydrogen-bond donors (Lipinski definition) is 1. The van der Waals surface area contributed by atoms with E-state index >= 15 is 0 Å². The summed E-state index contributed by atoms with van der Waals surface area (Å²) in [5.41, 5.74) is -0.766. The lowest BCUT2D eigenvalue weighted by Gasteiger charge is -2.07. The van der Waals surface area contributed by atoms with Crippen LogP contribution in [0.15, 0.2) is 40.8 Å². The molecule has 0 saturated carbocycles.